The van der Waals surface area contributed by atoms with Crippen molar-refractivity contribution in [3.63, 3.8) is 0 Å². The van der Waals surface area contributed by atoms with Crippen molar-refractivity contribution in [2.45, 2.75) is 13.8 Å². The Bertz CT molecular complexity index is 623. The van der Waals surface area contributed by atoms with E-state index in [0.29, 0.717) is 17.1 Å². The summed E-state index contributed by atoms with van der Waals surface area (Å²) >= 11 is 5.62. The number of aromatic nitrogens is 2. The van der Waals surface area contributed by atoms with Crippen LogP contribution in [0, 0.1) is 19.7 Å². The summed E-state index contributed by atoms with van der Waals surface area (Å²) in [5.41, 5.74) is 2.09. The Balaban J connectivity index is 1.94. The van der Waals surface area contributed by atoms with E-state index < -0.39 is 5.82 Å². The molecule has 2 aromatic rings. The molecule has 0 aliphatic carbocycles. The Morgan fingerprint density at radius 1 is 1.50 bits per heavy atom. The van der Waals surface area contributed by atoms with Crippen molar-refractivity contribution >= 4 is 23.2 Å². The fourth-order valence-electron chi connectivity index (χ4n) is 1.63. The number of hydrogen-bond acceptors (Lipinski definition) is 3. The molecule has 20 heavy (non-hydrogen) atoms. The molecule has 0 unspecified atom stereocenters. The number of hydrogen-bond donors (Lipinski definition) is 2. The molecule has 7 heteroatoms. The summed E-state index contributed by atoms with van der Waals surface area (Å²) in [6.45, 7) is 3.38. The Morgan fingerprint density at radius 2 is 2.25 bits per heavy atom. The van der Waals surface area contributed by atoms with Gasteiger partial charge < -0.3 is 10.1 Å². The lowest BCUT2D eigenvalue weighted by atomic mass is 10.3. The number of rotatable bonds is 4. The highest BCUT2D eigenvalue weighted by molar-refractivity contribution is 6.30. The number of anilines is 1. The summed E-state index contributed by atoms with van der Waals surface area (Å²) in [6, 6.07) is 3.90. The highest BCUT2D eigenvalue weighted by atomic mass is 35.5. The van der Waals surface area contributed by atoms with Crippen LogP contribution >= 0.6 is 11.6 Å². The van der Waals surface area contributed by atoms with Crippen LogP contribution < -0.4 is 10.1 Å². The second-order valence-electron chi connectivity index (χ2n) is 4.22. The zero-order valence-corrected chi connectivity index (χ0v) is 11.7. The van der Waals surface area contributed by atoms with Crippen LogP contribution in [0.2, 0.25) is 5.02 Å². The average Bonchev–Trinajstić information content (AvgIpc) is 2.72. The number of amides is 1. The fraction of sp³-hybridized carbons (Fsp3) is 0.231. The van der Waals surface area contributed by atoms with E-state index in [1.165, 1.54) is 18.2 Å². The van der Waals surface area contributed by atoms with Crippen LogP contribution in [-0.4, -0.2) is 22.7 Å². The number of ether oxygens (including phenoxy) is 1. The van der Waals surface area contributed by atoms with Crippen molar-refractivity contribution in [3.8, 4) is 5.75 Å². The second kappa shape index (κ2) is 5.92. The van der Waals surface area contributed by atoms with E-state index >= 15 is 0 Å². The SMILES string of the molecule is Cc1n[nH]c(C)c1NC(=O)COc1ccc(F)c(Cl)c1. The van der Waals surface area contributed by atoms with Crippen molar-refractivity contribution in [3.05, 3.63) is 40.4 Å². The molecule has 0 bridgehead atoms. The number of aromatic amines is 1. The van der Waals surface area contributed by atoms with Gasteiger partial charge in [-0.3, -0.25) is 9.89 Å². The minimum Gasteiger partial charge on any atom is -0.484 e. The van der Waals surface area contributed by atoms with Gasteiger partial charge in [-0.15, -0.1) is 0 Å². The van der Waals surface area contributed by atoms with Gasteiger partial charge in [0.05, 0.1) is 22.1 Å². The van der Waals surface area contributed by atoms with Crippen LogP contribution in [0.3, 0.4) is 0 Å². The van der Waals surface area contributed by atoms with Crippen LogP contribution in [0.25, 0.3) is 0 Å². The molecule has 0 aliphatic rings. The molecule has 0 radical (unpaired) electrons. The van der Waals surface area contributed by atoms with Crippen LogP contribution in [0.1, 0.15) is 11.4 Å². The third-order valence-corrected chi connectivity index (χ3v) is 2.94. The zero-order chi connectivity index (χ0) is 14.7. The van der Waals surface area contributed by atoms with Gasteiger partial charge in [-0.2, -0.15) is 5.10 Å². The molecule has 2 rings (SSSR count). The number of benzene rings is 1. The van der Waals surface area contributed by atoms with Gasteiger partial charge in [0.2, 0.25) is 0 Å². The smallest absolute Gasteiger partial charge is 0.262 e. The van der Waals surface area contributed by atoms with E-state index in [1.807, 2.05) is 0 Å². The quantitative estimate of drug-likeness (QED) is 0.912. The van der Waals surface area contributed by atoms with E-state index in [2.05, 4.69) is 15.5 Å². The van der Waals surface area contributed by atoms with Crippen LogP contribution in [0.4, 0.5) is 10.1 Å². The summed E-state index contributed by atoms with van der Waals surface area (Å²) in [5, 5.41) is 9.37. The van der Waals surface area contributed by atoms with E-state index in [9.17, 15) is 9.18 Å². The molecule has 106 valence electrons. The van der Waals surface area contributed by atoms with Gasteiger partial charge in [0.15, 0.2) is 6.61 Å². The number of H-pyrrole nitrogens is 1. The van der Waals surface area contributed by atoms with Crippen LogP contribution in [-0.2, 0) is 4.79 Å². The summed E-state index contributed by atoms with van der Waals surface area (Å²) in [5.74, 6) is -0.543. The summed E-state index contributed by atoms with van der Waals surface area (Å²) in [4.78, 5) is 11.8. The summed E-state index contributed by atoms with van der Waals surface area (Å²) < 4.78 is 18.2. The molecule has 1 amide bonds. The predicted molar refractivity (Wildman–Crippen MR) is 73.6 cm³/mol. The third-order valence-electron chi connectivity index (χ3n) is 2.65. The molecule has 0 spiro atoms. The maximum atomic E-state index is 13.0. The van der Waals surface area contributed by atoms with E-state index in [-0.39, 0.29) is 17.5 Å². The number of halogens is 2. The lowest BCUT2D eigenvalue weighted by Crippen LogP contribution is -2.20. The monoisotopic (exact) mass is 297 g/mol. The molecule has 1 aromatic heterocycles. The first-order valence-electron chi connectivity index (χ1n) is 5.86. The number of carbonyl (C=O) groups is 1. The molecule has 1 heterocycles. The summed E-state index contributed by atoms with van der Waals surface area (Å²) in [6.07, 6.45) is 0. The number of nitrogens with one attached hydrogen (secondary N) is 2. The maximum absolute atomic E-state index is 13.0. The molecule has 0 atom stereocenters. The topological polar surface area (TPSA) is 67.0 Å². The minimum absolute atomic E-state index is 0.0515. The van der Waals surface area contributed by atoms with Crippen LogP contribution in [0.15, 0.2) is 18.2 Å². The van der Waals surface area contributed by atoms with Crippen molar-refractivity contribution in [2.24, 2.45) is 0 Å². The standard InChI is InChI=1S/C13H13ClFN3O2/c1-7-13(8(2)18-17-7)16-12(19)6-20-9-3-4-11(15)10(14)5-9/h3-5H,6H2,1-2H3,(H,16,19)(H,17,18). The van der Waals surface area contributed by atoms with Gasteiger partial charge in [-0.05, 0) is 26.0 Å². The minimum atomic E-state index is -0.534. The molecule has 1 aromatic carbocycles. The highest BCUT2D eigenvalue weighted by Crippen LogP contribution is 2.21. The molecule has 0 saturated heterocycles. The second-order valence-corrected chi connectivity index (χ2v) is 4.63. The highest BCUT2D eigenvalue weighted by Gasteiger charge is 2.11. The molecule has 0 saturated carbocycles. The Morgan fingerprint density at radius 3 is 2.85 bits per heavy atom. The molecule has 0 fully saturated rings. The van der Waals surface area contributed by atoms with Gasteiger partial charge in [0.1, 0.15) is 11.6 Å². The first-order chi connectivity index (χ1) is 9.47. The fourth-order valence-corrected chi connectivity index (χ4v) is 1.80. The zero-order valence-electron chi connectivity index (χ0n) is 11.0. The largest absolute Gasteiger partial charge is 0.484 e. The molecule has 5 nitrogen and oxygen atoms in total. The average molecular weight is 298 g/mol. The number of aryl methyl sites for hydroxylation is 2. The lowest BCUT2D eigenvalue weighted by molar-refractivity contribution is -0.118. The Hall–Kier alpha value is -2.08. The molecule has 2 N–H and O–H groups in total. The Labute approximate surface area is 120 Å². The van der Waals surface area contributed by atoms with Gasteiger partial charge in [-0.25, -0.2) is 4.39 Å². The number of carbonyl (C=O) groups excluding carboxylic acids is 1. The molecular formula is C13H13ClFN3O2. The van der Waals surface area contributed by atoms with Crippen molar-refractivity contribution < 1.29 is 13.9 Å². The van der Waals surface area contributed by atoms with Crippen molar-refractivity contribution in [2.75, 3.05) is 11.9 Å². The third kappa shape index (κ3) is 3.27. The van der Waals surface area contributed by atoms with Crippen molar-refractivity contribution in [1.29, 1.82) is 0 Å². The molecular weight excluding hydrogens is 285 g/mol. The van der Waals surface area contributed by atoms with E-state index in [0.717, 1.165) is 5.69 Å². The first kappa shape index (κ1) is 14.3. The van der Waals surface area contributed by atoms with E-state index in [1.54, 1.807) is 13.8 Å². The van der Waals surface area contributed by atoms with Gasteiger partial charge in [0, 0.05) is 6.07 Å². The van der Waals surface area contributed by atoms with Gasteiger partial charge in [0.25, 0.3) is 5.91 Å². The number of nitrogens with zero attached hydrogens (tertiary/aromatic N) is 1. The van der Waals surface area contributed by atoms with Crippen LogP contribution in [0.5, 0.6) is 5.75 Å². The Kier molecular flexibility index (Phi) is 4.24. The van der Waals surface area contributed by atoms with Gasteiger partial charge >= 0.3 is 0 Å². The lowest BCUT2D eigenvalue weighted by Gasteiger charge is -2.08. The predicted octanol–water partition coefficient (Wildman–Crippen LogP) is 2.84. The first-order valence-corrected chi connectivity index (χ1v) is 6.24. The summed E-state index contributed by atoms with van der Waals surface area (Å²) in [7, 11) is 0. The van der Waals surface area contributed by atoms with Gasteiger partial charge in [-0.1, -0.05) is 11.6 Å². The van der Waals surface area contributed by atoms with Crippen molar-refractivity contribution in [1.82, 2.24) is 10.2 Å². The maximum Gasteiger partial charge on any atom is 0.262 e. The normalized spacial score (nSPS) is 10.4. The molecule has 0 aliphatic heterocycles. The van der Waals surface area contributed by atoms with E-state index in [4.69, 9.17) is 16.3 Å².